The van der Waals surface area contributed by atoms with E-state index in [2.05, 4.69) is 10.2 Å². The van der Waals surface area contributed by atoms with Crippen LogP contribution in [-0.2, 0) is 6.54 Å². The Labute approximate surface area is 166 Å². The van der Waals surface area contributed by atoms with Crippen molar-refractivity contribution in [1.82, 2.24) is 19.4 Å². The van der Waals surface area contributed by atoms with Gasteiger partial charge in [0.2, 0.25) is 0 Å². The van der Waals surface area contributed by atoms with Crippen LogP contribution in [0.5, 0.6) is 0 Å². The fourth-order valence-corrected chi connectivity index (χ4v) is 3.17. The number of aryl methyl sites for hydroxylation is 2. The Hall–Kier alpha value is -3.25. The van der Waals surface area contributed by atoms with Crippen molar-refractivity contribution in [1.29, 1.82) is 0 Å². The van der Waals surface area contributed by atoms with Crippen LogP contribution in [0.2, 0.25) is 5.02 Å². The number of rotatable bonds is 4. The summed E-state index contributed by atoms with van der Waals surface area (Å²) in [7, 11) is 0. The second-order valence-electron chi connectivity index (χ2n) is 6.68. The van der Waals surface area contributed by atoms with E-state index in [1.807, 2.05) is 44.2 Å². The van der Waals surface area contributed by atoms with E-state index in [0.29, 0.717) is 21.9 Å². The van der Waals surface area contributed by atoms with E-state index < -0.39 is 5.69 Å². The lowest BCUT2D eigenvalue weighted by Crippen LogP contribution is -2.26. The number of hydrogen-bond acceptors (Lipinski definition) is 4. The average molecular weight is 393 g/mol. The summed E-state index contributed by atoms with van der Waals surface area (Å²) in [6.07, 6.45) is 0. The Bertz CT molecular complexity index is 1260. The van der Waals surface area contributed by atoms with Crippen molar-refractivity contribution in [3.05, 3.63) is 86.8 Å². The van der Waals surface area contributed by atoms with Crippen molar-refractivity contribution < 1.29 is 4.79 Å². The van der Waals surface area contributed by atoms with E-state index in [9.17, 15) is 9.59 Å². The van der Waals surface area contributed by atoms with Crippen LogP contribution in [0.15, 0.2) is 59.4 Å². The molecular formula is C21H17ClN4O2. The minimum Gasteiger partial charge on any atom is -0.292 e. The lowest BCUT2D eigenvalue weighted by atomic mass is 10.0. The molecule has 2 aromatic heterocycles. The van der Waals surface area contributed by atoms with Gasteiger partial charge < -0.3 is 0 Å². The van der Waals surface area contributed by atoms with Gasteiger partial charge in [-0.05, 0) is 49.7 Å². The molecule has 0 unspecified atom stereocenters. The number of hydrogen-bond donors (Lipinski definition) is 0. The first-order chi connectivity index (χ1) is 13.4. The first kappa shape index (κ1) is 18.1. The third-order valence-corrected chi connectivity index (χ3v) is 4.82. The molecule has 0 aliphatic carbocycles. The highest BCUT2D eigenvalue weighted by Gasteiger charge is 2.15. The minimum absolute atomic E-state index is 0.136. The predicted molar refractivity (Wildman–Crippen MR) is 108 cm³/mol. The Morgan fingerprint density at radius 2 is 1.75 bits per heavy atom. The molecule has 0 bridgehead atoms. The number of benzene rings is 2. The van der Waals surface area contributed by atoms with Gasteiger partial charge in [-0.3, -0.25) is 4.79 Å². The maximum atomic E-state index is 12.7. The van der Waals surface area contributed by atoms with Crippen molar-refractivity contribution in [2.75, 3.05) is 0 Å². The fraction of sp³-hybridized carbons (Fsp3) is 0.143. The standard InChI is InChI=1S/C21H17ClN4O2/c1-13-3-4-14(2)17(11-13)19(27)12-25-21(28)26-20(24-25)10-9-18(23-26)15-5-7-16(22)8-6-15/h3-11H,12H2,1-2H3. The molecule has 0 atom stereocenters. The van der Waals surface area contributed by atoms with Gasteiger partial charge in [0.15, 0.2) is 11.4 Å². The number of fused-ring (bicyclic) bond motifs is 1. The zero-order valence-electron chi connectivity index (χ0n) is 15.4. The van der Waals surface area contributed by atoms with Gasteiger partial charge >= 0.3 is 5.69 Å². The first-order valence-corrected chi connectivity index (χ1v) is 9.13. The van der Waals surface area contributed by atoms with E-state index in [4.69, 9.17) is 11.6 Å². The molecule has 6 nitrogen and oxygen atoms in total. The van der Waals surface area contributed by atoms with Crippen molar-refractivity contribution >= 4 is 23.0 Å². The zero-order valence-corrected chi connectivity index (χ0v) is 16.1. The van der Waals surface area contributed by atoms with Gasteiger partial charge in [0.25, 0.3) is 0 Å². The molecule has 2 heterocycles. The summed E-state index contributed by atoms with van der Waals surface area (Å²) in [5.41, 5.74) is 3.84. The van der Waals surface area contributed by atoms with Crippen molar-refractivity contribution in [2.45, 2.75) is 20.4 Å². The Balaban J connectivity index is 1.70. The minimum atomic E-state index is -0.454. The zero-order chi connectivity index (χ0) is 19.8. The van der Waals surface area contributed by atoms with Crippen molar-refractivity contribution in [3.63, 3.8) is 0 Å². The van der Waals surface area contributed by atoms with E-state index in [-0.39, 0.29) is 12.3 Å². The van der Waals surface area contributed by atoms with Gasteiger partial charge in [-0.2, -0.15) is 9.61 Å². The molecule has 4 aromatic rings. The number of halogens is 1. The largest absolute Gasteiger partial charge is 0.367 e. The molecule has 0 fully saturated rings. The number of aromatic nitrogens is 4. The van der Waals surface area contributed by atoms with Gasteiger partial charge in [0.05, 0.1) is 5.69 Å². The third kappa shape index (κ3) is 3.34. The lowest BCUT2D eigenvalue weighted by Gasteiger charge is -2.05. The molecule has 0 saturated heterocycles. The highest BCUT2D eigenvalue weighted by atomic mass is 35.5. The van der Waals surface area contributed by atoms with E-state index in [1.165, 1.54) is 4.52 Å². The summed E-state index contributed by atoms with van der Waals surface area (Å²) < 4.78 is 2.36. The number of nitrogens with zero attached hydrogens (tertiary/aromatic N) is 4. The van der Waals surface area contributed by atoms with E-state index >= 15 is 0 Å². The molecular weight excluding hydrogens is 376 g/mol. The maximum absolute atomic E-state index is 12.7. The molecule has 0 N–H and O–H groups in total. The van der Waals surface area contributed by atoms with Crippen LogP contribution in [-0.4, -0.2) is 25.2 Å². The van der Waals surface area contributed by atoms with Crippen LogP contribution < -0.4 is 5.69 Å². The van der Waals surface area contributed by atoms with Gasteiger partial charge in [-0.15, -0.1) is 5.10 Å². The van der Waals surface area contributed by atoms with E-state index in [0.717, 1.165) is 21.4 Å². The molecule has 0 aliphatic heterocycles. The Kier molecular flexibility index (Phi) is 4.57. The quantitative estimate of drug-likeness (QED) is 0.496. The molecule has 4 rings (SSSR count). The topological polar surface area (TPSA) is 69.3 Å². The maximum Gasteiger partial charge on any atom is 0.367 e. The average Bonchev–Trinajstić information content (AvgIpc) is 2.99. The molecule has 0 spiro atoms. The van der Waals surface area contributed by atoms with Crippen LogP contribution >= 0.6 is 11.6 Å². The Morgan fingerprint density at radius 1 is 1.00 bits per heavy atom. The predicted octanol–water partition coefficient (Wildman–Crippen LogP) is 3.71. The van der Waals surface area contributed by atoms with Crippen LogP contribution in [0.25, 0.3) is 16.9 Å². The summed E-state index contributed by atoms with van der Waals surface area (Å²) in [5, 5.41) is 9.24. The molecule has 140 valence electrons. The molecule has 0 saturated carbocycles. The molecule has 0 radical (unpaired) electrons. The highest BCUT2D eigenvalue weighted by Crippen LogP contribution is 2.19. The second kappa shape index (κ2) is 7.05. The molecule has 7 heteroatoms. The molecule has 0 aliphatic rings. The third-order valence-electron chi connectivity index (χ3n) is 4.57. The van der Waals surface area contributed by atoms with Gasteiger partial charge in [0.1, 0.15) is 6.54 Å². The number of ketones is 1. The molecule has 0 amide bonds. The number of Topliss-reactive ketones (excluding diaryl/α,β-unsaturated/α-hetero) is 1. The number of carbonyl (C=O) groups is 1. The van der Waals surface area contributed by atoms with Gasteiger partial charge in [-0.25, -0.2) is 9.48 Å². The SMILES string of the molecule is Cc1ccc(C)c(C(=O)Cn2nc3ccc(-c4ccc(Cl)cc4)nn3c2=O)c1. The van der Waals surface area contributed by atoms with Crippen LogP contribution in [0.3, 0.4) is 0 Å². The normalized spacial score (nSPS) is 11.1. The monoisotopic (exact) mass is 392 g/mol. The summed E-state index contributed by atoms with van der Waals surface area (Å²) >= 11 is 5.92. The van der Waals surface area contributed by atoms with Crippen LogP contribution in [0, 0.1) is 13.8 Å². The Morgan fingerprint density at radius 3 is 2.50 bits per heavy atom. The van der Waals surface area contributed by atoms with Crippen molar-refractivity contribution in [3.8, 4) is 11.3 Å². The molecule has 2 aromatic carbocycles. The summed E-state index contributed by atoms with van der Waals surface area (Å²) in [5.74, 6) is -0.162. The fourth-order valence-electron chi connectivity index (χ4n) is 3.04. The summed E-state index contributed by atoms with van der Waals surface area (Å²) in [6.45, 7) is 3.66. The summed E-state index contributed by atoms with van der Waals surface area (Å²) in [6, 6.07) is 16.3. The summed E-state index contributed by atoms with van der Waals surface area (Å²) in [4.78, 5) is 25.4. The van der Waals surface area contributed by atoms with E-state index in [1.54, 1.807) is 24.3 Å². The first-order valence-electron chi connectivity index (χ1n) is 8.76. The number of carbonyl (C=O) groups excluding carboxylic acids is 1. The highest BCUT2D eigenvalue weighted by molar-refractivity contribution is 6.30. The second-order valence-corrected chi connectivity index (χ2v) is 7.11. The smallest absolute Gasteiger partial charge is 0.292 e. The van der Waals surface area contributed by atoms with Crippen molar-refractivity contribution in [2.24, 2.45) is 0 Å². The van der Waals surface area contributed by atoms with Gasteiger partial charge in [-0.1, -0.05) is 41.4 Å². The van der Waals surface area contributed by atoms with Crippen LogP contribution in [0.4, 0.5) is 0 Å². The lowest BCUT2D eigenvalue weighted by molar-refractivity contribution is 0.0965. The van der Waals surface area contributed by atoms with Crippen LogP contribution in [0.1, 0.15) is 21.5 Å². The molecule has 28 heavy (non-hydrogen) atoms. The van der Waals surface area contributed by atoms with Gasteiger partial charge in [0, 0.05) is 16.1 Å².